The van der Waals surface area contributed by atoms with Gasteiger partial charge in [-0.2, -0.15) is 0 Å². The van der Waals surface area contributed by atoms with Crippen molar-refractivity contribution in [3.63, 3.8) is 0 Å². The van der Waals surface area contributed by atoms with Crippen molar-refractivity contribution in [3.8, 4) is 0 Å². The predicted octanol–water partition coefficient (Wildman–Crippen LogP) is 8.67. The van der Waals surface area contributed by atoms with E-state index in [2.05, 4.69) is 80.6 Å². The highest BCUT2D eigenvalue weighted by atomic mass is 28.4. The van der Waals surface area contributed by atoms with Crippen LogP contribution in [0.2, 0.25) is 36.3 Å². The SMILES string of the molecule is CC[Si](CC)(CC)O[C@]1(C)CC[C@H]([C@](C)(CCOCc2ccccc2)OC)O[C@@H]1C[C@H]1CC(=O)O[C@H]1[C@H](O)[C@@H](C)CO[Si](C)(C)C(C)(C)C. The Morgan fingerprint density at radius 3 is 2.27 bits per heavy atom. The van der Waals surface area contributed by atoms with E-state index in [9.17, 15) is 9.90 Å². The van der Waals surface area contributed by atoms with Crippen LogP contribution in [-0.4, -0.2) is 83.7 Å². The molecule has 0 amide bonds. The number of aliphatic hydroxyl groups is 1. The van der Waals surface area contributed by atoms with Crippen LogP contribution in [0.4, 0.5) is 0 Å². The first-order chi connectivity index (χ1) is 22.9. The molecule has 0 aliphatic carbocycles. The lowest BCUT2D eigenvalue weighted by Gasteiger charge is -2.52. The summed E-state index contributed by atoms with van der Waals surface area (Å²) in [6.07, 6.45) is 1.18. The molecule has 282 valence electrons. The van der Waals surface area contributed by atoms with E-state index in [4.69, 9.17) is 27.8 Å². The maximum absolute atomic E-state index is 12.9. The number of carbonyl (C=O) groups excluding carboxylic acids is 1. The quantitative estimate of drug-likeness (QED) is 0.0862. The van der Waals surface area contributed by atoms with Gasteiger partial charge in [0.05, 0.1) is 42.5 Å². The lowest BCUT2D eigenvalue weighted by atomic mass is 9.77. The number of benzene rings is 1. The molecule has 8 nitrogen and oxygen atoms in total. The van der Waals surface area contributed by atoms with Crippen molar-refractivity contribution in [2.24, 2.45) is 11.8 Å². The summed E-state index contributed by atoms with van der Waals surface area (Å²) in [5.41, 5.74) is 0.0491. The van der Waals surface area contributed by atoms with Crippen LogP contribution in [0.1, 0.15) is 100.0 Å². The van der Waals surface area contributed by atoms with Crippen LogP contribution in [0.3, 0.4) is 0 Å². The molecule has 1 aromatic rings. The van der Waals surface area contributed by atoms with Crippen LogP contribution < -0.4 is 0 Å². The third-order valence-corrected chi connectivity index (χ3v) is 21.7. The molecule has 0 aromatic heterocycles. The van der Waals surface area contributed by atoms with Gasteiger partial charge in [-0.25, -0.2) is 0 Å². The number of hydrogen-bond acceptors (Lipinski definition) is 8. The van der Waals surface area contributed by atoms with Crippen molar-refractivity contribution in [2.45, 2.75) is 173 Å². The largest absolute Gasteiger partial charge is 0.459 e. The highest BCUT2D eigenvalue weighted by molar-refractivity contribution is 6.74. The van der Waals surface area contributed by atoms with Gasteiger partial charge in [0.2, 0.25) is 0 Å². The van der Waals surface area contributed by atoms with Crippen molar-refractivity contribution in [2.75, 3.05) is 20.3 Å². The van der Waals surface area contributed by atoms with Crippen molar-refractivity contribution >= 4 is 22.6 Å². The number of aliphatic hydroxyl groups excluding tert-OH is 1. The predicted molar refractivity (Wildman–Crippen MR) is 202 cm³/mol. The van der Waals surface area contributed by atoms with E-state index >= 15 is 0 Å². The average molecular weight is 723 g/mol. The molecule has 1 aromatic carbocycles. The van der Waals surface area contributed by atoms with Gasteiger partial charge in [0, 0.05) is 38.6 Å². The molecule has 0 spiro atoms. The maximum atomic E-state index is 12.9. The summed E-state index contributed by atoms with van der Waals surface area (Å²) in [7, 11) is -2.26. The Balaban J connectivity index is 1.81. The van der Waals surface area contributed by atoms with E-state index in [1.807, 2.05) is 25.1 Å². The van der Waals surface area contributed by atoms with Gasteiger partial charge in [0.25, 0.3) is 0 Å². The van der Waals surface area contributed by atoms with Gasteiger partial charge in [0.1, 0.15) is 6.10 Å². The van der Waals surface area contributed by atoms with Gasteiger partial charge < -0.3 is 32.9 Å². The van der Waals surface area contributed by atoms with Gasteiger partial charge in [-0.3, -0.25) is 4.79 Å². The number of esters is 1. The Morgan fingerprint density at radius 1 is 1.06 bits per heavy atom. The van der Waals surface area contributed by atoms with Crippen LogP contribution in [0, 0.1) is 11.8 Å². The molecule has 49 heavy (non-hydrogen) atoms. The average Bonchev–Trinajstić information content (AvgIpc) is 3.44. The number of cyclic esters (lactones) is 1. The topological polar surface area (TPSA) is 92.7 Å². The molecule has 2 saturated heterocycles. The molecule has 0 unspecified atom stereocenters. The fourth-order valence-electron chi connectivity index (χ4n) is 7.20. The first kappa shape index (κ1) is 42.3. The van der Waals surface area contributed by atoms with Crippen LogP contribution in [-0.2, 0) is 39.2 Å². The van der Waals surface area contributed by atoms with Gasteiger partial charge in [-0.05, 0) is 74.9 Å². The minimum atomic E-state index is -2.02. The molecule has 2 aliphatic rings. The molecule has 0 saturated carbocycles. The molecule has 2 fully saturated rings. The number of hydrogen-bond donors (Lipinski definition) is 1. The van der Waals surface area contributed by atoms with Crippen molar-refractivity contribution in [1.29, 1.82) is 0 Å². The van der Waals surface area contributed by atoms with Crippen LogP contribution in [0.5, 0.6) is 0 Å². The lowest BCUT2D eigenvalue weighted by molar-refractivity contribution is -0.224. The Labute approximate surface area is 300 Å². The number of rotatable bonds is 19. The second-order valence-corrected chi connectivity index (χ2v) is 26.3. The van der Waals surface area contributed by atoms with Crippen LogP contribution in [0.15, 0.2) is 30.3 Å². The normalized spacial score (nSPS) is 27.8. The van der Waals surface area contributed by atoms with Gasteiger partial charge >= 0.3 is 5.97 Å². The summed E-state index contributed by atoms with van der Waals surface area (Å²) in [6.45, 7) is 25.7. The van der Waals surface area contributed by atoms with Crippen molar-refractivity contribution in [3.05, 3.63) is 35.9 Å². The fraction of sp³-hybridized carbons (Fsp3) is 0.821. The highest BCUT2D eigenvalue weighted by Gasteiger charge is 2.53. The molecule has 10 heteroatoms. The smallest absolute Gasteiger partial charge is 0.306 e. The Morgan fingerprint density at radius 2 is 1.69 bits per heavy atom. The summed E-state index contributed by atoms with van der Waals surface area (Å²) in [5.74, 6) is -0.658. The molecule has 8 atom stereocenters. The maximum Gasteiger partial charge on any atom is 0.306 e. The molecular formula is C39H70O8Si2. The Bertz CT molecular complexity index is 1150. The van der Waals surface area contributed by atoms with E-state index in [1.54, 1.807) is 7.11 Å². The second-order valence-electron chi connectivity index (χ2n) is 16.8. The zero-order valence-electron chi connectivity index (χ0n) is 32.9. The molecule has 0 radical (unpaired) electrons. The minimum absolute atomic E-state index is 0.0675. The number of ether oxygens (including phenoxy) is 4. The van der Waals surface area contributed by atoms with E-state index in [0.717, 1.165) is 36.5 Å². The van der Waals surface area contributed by atoms with Gasteiger partial charge in [0.15, 0.2) is 16.6 Å². The zero-order valence-corrected chi connectivity index (χ0v) is 34.9. The first-order valence-corrected chi connectivity index (χ1v) is 24.4. The van der Waals surface area contributed by atoms with Crippen molar-refractivity contribution < 1.29 is 37.7 Å². The van der Waals surface area contributed by atoms with Crippen LogP contribution in [0.25, 0.3) is 0 Å². The van der Waals surface area contributed by atoms with E-state index in [-0.39, 0.29) is 41.5 Å². The number of methoxy groups -OCH3 is 1. The van der Waals surface area contributed by atoms with Gasteiger partial charge in [-0.1, -0.05) is 78.8 Å². The summed E-state index contributed by atoms with van der Waals surface area (Å²) in [5, 5.41) is 11.7. The molecule has 0 bridgehead atoms. The molecule has 3 rings (SSSR count). The molecular weight excluding hydrogens is 653 g/mol. The minimum Gasteiger partial charge on any atom is -0.459 e. The summed E-state index contributed by atoms with van der Waals surface area (Å²) < 4.78 is 39.1. The Hall–Kier alpha value is -1.12. The van der Waals surface area contributed by atoms with Crippen molar-refractivity contribution in [1.82, 2.24) is 0 Å². The van der Waals surface area contributed by atoms with E-state index in [0.29, 0.717) is 32.7 Å². The second kappa shape index (κ2) is 17.6. The van der Waals surface area contributed by atoms with Crippen LogP contribution >= 0.6 is 0 Å². The molecule has 2 aliphatic heterocycles. The first-order valence-electron chi connectivity index (χ1n) is 18.9. The number of carbonyl (C=O) groups is 1. The lowest BCUT2D eigenvalue weighted by Crippen LogP contribution is -2.60. The summed E-state index contributed by atoms with van der Waals surface area (Å²) in [4.78, 5) is 12.9. The third-order valence-electron chi connectivity index (χ3n) is 12.4. The molecule has 1 N–H and O–H groups in total. The molecule has 2 heterocycles. The van der Waals surface area contributed by atoms with E-state index < -0.39 is 40.0 Å². The summed E-state index contributed by atoms with van der Waals surface area (Å²) >= 11 is 0. The Kier molecular flexibility index (Phi) is 15.2. The third kappa shape index (κ3) is 10.7. The fourth-order valence-corrected chi connectivity index (χ4v) is 11.5. The van der Waals surface area contributed by atoms with Gasteiger partial charge in [-0.15, -0.1) is 0 Å². The highest BCUT2D eigenvalue weighted by Crippen LogP contribution is 2.45. The monoisotopic (exact) mass is 722 g/mol. The summed E-state index contributed by atoms with van der Waals surface area (Å²) in [6, 6.07) is 13.3. The van der Waals surface area contributed by atoms with E-state index in [1.165, 1.54) is 0 Å². The zero-order chi connectivity index (χ0) is 36.7. The standard InChI is InChI=1S/C39H70O8Si2/c1-13-49(14-2,15-3)47-39(9)22-21-32(38(8,42-10)23-24-43-28-30-19-17-16-18-20-30)45-33(39)25-31-26-34(40)46-36(31)35(41)29(4)27-44-48(11,12)37(5,6)7/h16-20,29,31-33,35-36,41H,13-15,21-28H2,1-12H3/t29-,31-,32+,33+,35+,36+,38-,39+/m0/s1.